The van der Waals surface area contributed by atoms with Gasteiger partial charge in [-0.25, -0.2) is 0 Å². The van der Waals surface area contributed by atoms with E-state index in [0.29, 0.717) is 30.0 Å². The van der Waals surface area contributed by atoms with E-state index in [1.54, 1.807) is 18.3 Å². The standard InChI is InChI=1S/C27H21N3O2/c28-17-21-9-1-2-12-24(21)25-13-3-4-14-26(25)27(31)30-18-20-8-7-11-23(16-20)32-19-22-10-5-6-15-29-22/h1-16H,18-19H2,(H,30,31). The summed E-state index contributed by atoms with van der Waals surface area (Å²) in [7, 11) is 0. The lowest BCUT2D eigenvalue weighted by Gasteiger charge is -2.12. The Morgan fingerprint density at radius 2 is 1.69 bits per heavy atom. The molecule has 0 bridgehead atoms. The normalized spacial score (nSPS) is 10.2. The number of pyridine rings is 1. The monoisotopic (exact) mass is 419 g/mol. The molecule has 0 saturated heterocycles. The molecular formula is C27H21N3O2. The largest absolute Gasteiger partial charge is 0.487 e. The summed E-state index contributed by atoms with van der Waals surface area (Å²) in [6.45, 7) is 0.732. The summed E-state index contributed by atoms with van der Waals surface area (Å²) < 4.78 is 5.82. The van der Waals surface area contributed by atoms with Gasteiger partial charge in [-0.05, 0) is 47.5 Å². The van der Waals surface area contributed by atoms with E-state index in [1.807, 2.05) is 78.9 Å². The van der Waals surface area contributed by atoms with E-state index in [9.17, 15) is 10.1 Å². The molecule has 156 valence electrons. The molecule has 5 nitrogen and oxygen atoms in total. The molecule has 1 amide bonds. The fourth-order valence-corrected chi connectivity index (χ4v) is 3.40. The fourth-order valence-electron chi connectivity index (χ4n) is 3.40. The van der Waals surface area contributed by atoms with Gasteiger partial charge in [-0.15, -0.1) is 0 Å². The Morgan fingerprint density at radius 3 is 2.50 bits per heavy atom. The number of nitriles is 1. The lowest BCUT2D eigenvalue weighted by atomic mass is 9.95. The van der Waals surface area contributed by atoms with Crippen LogP contribution in [0.1, 0.15) is 27.2 Å². The van der Waals surface area contributed by atoms with E-state index in [4.69, 9.17) is 4.74 Å². The quantitative estimate of drug-likeness (QED) is 0.451. The van der Waals surface area contributed by atoms with Crippen LogP contribution in [-0.2, 0) is 13.2 Å². The summed E-state index contributed by atoms with van der Waals surface area (Å²) >= 11 is 0. The van der Waals surface area contributed by atoms with Crippen molar-refractivity contribution in [2.45, 2.75) is 13.2 Å². The number of rotatable bonds is 7. The van der Waals surface area contributed by atoms with Crippen LogP contribution in [0.2, 0.25) is 0 Å². The van der Waals surface area contributed by atoms with Crippen molar-refractivity contribution in [3.63, 3.8) is 0 Å². The summed E-state index contributed by atoms with van der Waals surface area (Å²) in [5.41, 5.74) is 4.30. The third-order valence-corrected chi connectivity index (χ3v) is 4.97. The Kier molecular flexibility index (Phi) is 6.54. The number of nitrogens with zero attached hydrogens (tertiary/aromatic N) is 2. The maximum absolute atomic E-state index is 13.0. The minimum Gasteiger partial charge on any atom is -0.487 e. The van der Waals surface area contributed by atoms with Crippen LogP contribution in [0.15, 0.2) is 97.2 Å². The number of ether oxygens (including phenoxy) is 1. The lowest BCUT2D eigenvalue weighted by Crippen LogP contribution is -2.23. The van der Waals surface area contributed by atoms with Crippen molar-refractivity contribution < 1.29 is 9.53 Å². The number of amides is 1. The molecule has 4 aromatic rings. The summed E-state index contributed by atoms with van der Waals surface area (Å²) in [5.74, 6) is 0.513. The molecular weight excluding hydrogens is 398 g/mol. The van der Waals surface area contributed by atoms with Crippen molar-refractivity contribution in [2.75, 3.05) is 0 Å². The van der Waals surface area contributed by atoms with E-state index in [-0.39, 0.29) is 5.91 Å². The highest BCUT2D eigenvalue weighted by atomic mass is 16.5. The van der Waals surface area contributed by atoms with E-state index in [0.717, 1.165) is 22.4 Å². The number of aromatic nitrogens is 1. The number of nitrogens with one attached hydrogen (secondary N) is 1. The second-order valence-corrected chi connectivity index (χ2v) is 7.14. The molecule has 1 heterocycles. The number of carbonyl (C=O) groups excluding carboxylic acids is 1. The van der Waals surface area contributed by atoms with E-state index in [2.05, 4.69) is 16.4 Å². The van der Waals surface area contributed by atoms with Gasteiger partial charge in [0, 0.05) is 23.9 Å². The van der Waals surface area contributed by atoms with Crippen LogP contribution in [0.25, 0.3) is 11.1 Å². The smallest absolute Gasteiger partial charge is 0.252 e. The molecule has 1 aromatic heterocycles. The molecule has 0 aliphatic rings. The molecule has 0 spiro atoms. The molecule has 32 heavy (non-hydrogen) atoms. The molecule has 4 rings (SSSR count). The second kappa shape index (κ2) is 10.1. The highest BCUT2D eigenvalue weighted by Crippen LogP contribution is 2.27. The van der Waals surface area contributed by atoms with Gasteiger partial charge in [-0.3, -0.25) is 9.78 Å². The molecule has 1 N–H and O–H groups in total. The first-order valence-corrected chi connectivity index (χ1v) is 10.2. The average Bonchev–Trinajstić information content (AvgIpc) is 2.87. The minimum atomic E-state index is -0.201. The maximum Gasteiger partial charge on any atom is 0.252 e. The second-order valence-electron chi connectivity index (χ2n) is 7.14. The van der Waals surface area contributed by atoms with Crippen molar-refractivity contribution in [1.82, 2.24) is 10.3 Å². The Bertz CT molecular complexity index is 1260. The highest BCUT2D eigenvalue weighted by molar-refractivity contribution is 6.01. The van der Waals surface area contributed by atoms with Crippen LogP contribution < -0.4 is 10.1 Å². The van der Waals surface area contributed by atoms with Crippen molar-refractivity contribution in [2.24, 2.45) is 0 Å². The molecule has 0 atom stereocenters. The summed E-state index contributed by atoms with van der Waals surface area (Å²) in [4.78, 5) is 17.2. The predicted molar refractivity (Wildman–Crippen MR) is 123 cm³/mol. The molecule has 0 radical (unpaired) electrons. The van der Waals surface area contributed by atoms with Gasteiger partial charge in [0.25, 0.3) is 5.91 Å². The first kappa shape index (κ1) is 20.8. The van der Waals surface area contributed by atoms with Crippen LogP contribution in [0.3, 0.4) is 0 Å². The molecule has 0 unspecified atom stereocenters. The third kappa shape index (κ3) is 5.00. The first-order valence-electron chi connectivity index (χ1n) is 10.2. The van der Waals surface area contributed by atoms with Gasteiger partial charge in [0.05, 0.1) is 17.3 Å². The summed E-state index contributed by atoms with van der Waals surface area (Å²) in [6, 6.07) is 30.1. The van der Waals surface area contributed by atoms with Gasteiger partial charge < -0.3 is 10.1 Å². The summed E-state index contributed by atoms with van der Waals surface area (Å²) in [5, 5.41) is 12.4. The van der Waals surface area contributed by atoms with Crippen LogP contribution in [-0.4, -0.2) is 10.9 Å². The number of hydrogen-bond donors (Lipinski definition) is 1. The van der Waals surface area contributed by atoms with Gasteiger partial charge in [0.1, 0.15) is 12.4 Å². The Morgan fingerprint density at radius 1 is 0.906 bits per heavy atom. The average molecular weight is 419 g/mol. The molecule has 0 aliphatic heterocycles. The van der Waals surface area contributed by atoms with E-state index in [1.165, 1.54) is 0 Å². The maximum atomic E-state index is 13.0. The first-order chi connectivity index (χ1) is 15.7. The van der Waals surface area contributed by atoms with Gasteiger partial charge in [-0.1, -0.05) is 54.6 Å². The van der Waals surface area contributed by atoms with Gasteiger partial charge in [0.15, 0.2) is 0 Å². The van der Waals surface area contributed by atoms with Crippen LogP contribution in [0, 0.1) is 11.3 Å². The fraction of sp³-hybridized carbons (Fsp3) is 0.0741. The van der Waals surface area contributed by atoms with Crippen molar-refractivity contribution in [1.29, 1.82) is 5.26 Å². The predicted octanol–water partition coefficient (Wildman–Crippen LogP) is 5.13. The zero-order chi connectivity index (χ0) is 22.2. The zero-order valence-electron chi connectivity index (χ0n) is 17.4. The number of benzene rings is 3. The minimum absolute atomic E-state index is 0.201. The molecule has 5 heteroatoms. The SMILES string of the molecule is N#Cc1ccccc1-c1ccccc1C(=O)NCc1cccc(OCc2ccccn2)c1. The van der Waals surface area contributed by atoms with Gasteiger partial charge in [-0.2, -0.15) is 5.26 Å². The van der Waals surface area contributed by atoms with E-state index < -0.39 is 0 Å². The number of carbonyl (C=O) groups is 1. The molecule has 0 saturated carbocycles. The highest BCUT2D eigenvalue weighted by Gasteiger charge is 2.14. The van der Waals surface area contributed by atoms with Crippen LogP contribution in [0.5, 0.6) is 5.75 Å². The zero-order valence-corrected chi connectivity index (χ0v) is 17.4. The van der Waals surface area contributed by atoms with Crippen molar-refractivity contribution in [3.05, 3.63) is 120 Å². The topological polar surface area (TPSA) is 75.0 Å². The lowest BCUT2D eigenvalue weighted by molar-refractivity contribution is 0.0951. The summed E-state index contributed by atoms with van der Waals surface area (Å²) in [6.07, 6.45) is 1.73. The third-order valence-electron chi connectivity index (χ3n) is 4.97. The van der Waals surface area contributed by atoms with Crippen LogP contribution >= 0.6 is 0 Å². The molecule has 0 aliphatic carbocycles. The van der Waals surface area contributed by atoms with Crippen LogP contribution in [0.4, 0.5) is 0 Å². The van der Waals surface area contributed by atoms with Crippen molar-refractivity contribution >= 4 is 5.91 Å². The van der Waals surface area contributed by atoms with Gasteiger partial charge >= 0.3 is 0 Å². The Balaban J connectivity index is 1.45. The van der Waals surface area contributed by atoms with Gasteiger partial charge in [0.2, 0.25) is 0 Å². The Labute approximate surface area is 186 Å². The van der Waals surface area contributed by atoms with E-state index >= 15 is 0 Å². The Hall–Kier alpha value is -4.43. The van der Waals surface area contributed by atoms with Crippen molar-refractivity contribution in [3.8, 4) is 22.9 Å². The molecule has 0 fully saturated rings. The molecule has 3 aromatic carbocycles. The number of hydrogen-bond acceptors (Lipinski definition) is 4.